The number of aromatic nitrogens is 2. The Bertz CT molecular complexity index is 627. The minimum Gasteiger partial charge on any atom is -0.388 e. The fraction of sp³-hybridized carbons (Fsp3) is 0.500. The van der Waals surface area contributed by atoms with Crippen molar-refractivity contribution in [1.82, 2.24) is 10.1 Å². The Hall–Kier alpha value is -1.92. The number of fused-ring (bicyclic) bond motifs is 1. The summed E-state index contributed by atoms with van der Waals surface area (Å²) < 4.78 is 10.8. The van der Waals surface area contributed by atoms with Gasteiger partial charge in [-0.3, -0.25) is 0 Å². The number of ether oxygens (including phenoxy) is 1. The Balaban J connectivity index is 1.70. The molecule has 1 N–H and O–H groups in total. The number of aliphatic hydroxyl groups is 1. The van der Waals surface area contributed by atoms with Gasteiger partial charge >= 0.3 is 0 Å². The molecule has 6 heteroatoms. The number of nitrogens with zero attached hydrogens (tertiary/aromatic N) is 3. The molecule has 0 aliphatic carbocycles. The summed E-state index contributed by atoms with van der Waals surface area (Å²) >= 11 is 0. The summed E-state index contributed by atoms with van der Waals surface area (Å²) in [7, 11) is 0. The number of para-hydroxylation sites is 1. The molecule has 1 aromatic carbocycles. The van der Waals surface area contributed by atoms with Crippen LogP contribution in [-0.2, 0) is 17.9 Å². The van der Waals surface area contributed by atoms with Gasteiger partial charge in [0, 0.05) is 17.8 Å². The number of benzene rings is 1. The van der Waals surface area contributed by atoms with E-state index in [9.17, 15) is 5.11 Å². The van der Waals surface area contributed by atoms with E-state index in [1.807, 2.05) is 38.1 Å². The number of aliphatic hydroxyl groups excluding tert-OH is 1. The van der Waals surface area contributed by atoms with E-state index in [-0.39, 0.29) is 6.10 Å². The van der Waals surface area contributed by atoms with Crippen LogP contribution >= 0.6 is 0 Å². The maximum atomic E-state index is 10.1. The molecule has 118 valence electrons. The quantitative estimate of drug-likeness (QED) is 0.914. The van der Waals surface area contributed by atoms with Crippen LogP contribution in [-0.4, -0.2) is 27.9 Å². The van der Waals surface area contributed by atoms with Crippen molar-refractivity contribution in [2.75, 3.05) is 11.4 Å². The van der Waals surface area contributed by atoms with E-state index in [1.54, 1.807) is 0 Å². The van der Waals surface area contributed by atoms with E-state index in [1.165, 1.54) is 0 Å². The third kappa shape index (κ3) is 3.28. The first-order valence-electron chi connectivity index (χ1n) is 7.58. The van der Waals surface area contributed by atoms with Crippen molar-refractivity contribution >= 4 is 5.69 Å². The Kier molecular flexibility index (Phi) is 4.40. The van der Waals surface area contributed by atoms with Crippen LogP contribution in [0.1, 0.15) is 43.7 Å². The number of rotatable bonds is 5. The third-order valence-electron chi connectivity index (χ3n) is 3.69. The second kappa shape index (κ2) is 6.46. The molecule has 2 aromatic rings. The summed E-state index contributed by atoms with van der Waals surface area (Å²) in [5.74, 6) is 1.13. The van der Waals surface area contributed by atoms with Crippen LogP contribution in [0.25, 0.3) is 0 Å². The number of hydrogen-bond donors (Lipinski definition) is 1. The summed E-state index contributed by atoms with van der Waals surface area (Å²) in [5, 5.41) is 14.0. The molecular weight excluding hydrogens is 282 g/mol. The average molecular weight is 303 g/mol. The Labute approximate surface area is 129 Å². The monoisotopic (exact) mass is 303 g/mol. The van der Waals surface area contributed by atoms with Gasteiger partial charge in [0.1, 0.15) is 6.61 Å². The lowest BCUT2D eigenvalue weighted by molar-refractivity contribution is 0.0601. The summed E-state index contributed by atoms with van der Waals surface area (Å²) in [6.45, 7) is 5.60. The fourth-order valence-electron chi connectivity index (χ4n) is 2.59. The first kappa shape index (κ1) is 15.0. The second-order valence-electron chi connectivity index (χ2n) is 5.75. The molecule has 1 aromatic heterocycles. The molecule has 3 rings (SSSR count). The van der Waals surface area contributed by atoms with E-state index in [2.05, 4.69) is 15.0 Å². The van der Waals surface area contributed by atoms with Gasteiger partial charge < -0.3 is 19.3 Å². The SMILES string of the molecule is CC(C)OCc1noc(CN2CCC(O)c3ccccc32)n1. The molecular formula is C16H21N3O3. The van der Waals surface area contributed by atoms with E-state index >= 15 is 0 Å². The van der Waals surface area contributed by atoms with E-state index in [0.717, 1.165) is 17.8 Å². The predicted molar refractivity (Wildman–Crippen MR) is 81.3 cm³/mol. The molecule has 0 bridgehead atoms. The molecule has 1 aliphatic rings. The highest BCUT2D eigenvalue weighted by atomic mass is 16.5. The fourth-order valence-corrected chi connectivity index (χ4v) is 2.59. The van der Waals surface area contributed by atoms with Gasteiger partial charge in [0.05, 0.1) is 18.8 Å². The molecule has 0 saturated carbocycles. The van der Waals surface area contributed by atoms with E-state index < -0.39 is 6.10 Å². The van der Waals surface area contributed by atoms with Gasteiger partial charge in [-0.2, -0.15) is 4.98 Å². The molecule has 1 unspecified atom stereocenters. The van der Waals surface area contributed by atoms with Crippen LogP contribution in [0.4, 0.5) is 5.69 Å². The predicted octanol–water partition coefficient (Wildman–Crippen LogP) is 2.44. The van der Waals surface area contributed by atoms with Gasteiger partial charge in [0.2, 0.25) is 5.89 Å². The summed E-state index contributed by atoms with van der Waals surface area (Å²) in [4.78, 5) is 6.52. The van der Waals surface area contributed by atoms with Gasteiger partial charge in [-0.25, -0.2) is 0 Å². The average Bonchev–Trinajstić information content (AvgIpc) is 2.96. The largest absolute Gasteiger partial charge is 0.388 e. The molecule has 1 aliphatic heterocycles. The molecule has 0 saturated heterocycles. The summed E-state index contributed by atoms with van der Waals surface area (Å²) in [5.41, 5.74) is 1.98. The molecule has 1 atom stereocenters. The highest BCUT2D eigenvalue weighted by Crippen LogP contribution is 2.34. The maximum Gasteiger partial charge on any atom is 0.246 e. The Morgan fingerprint density at radius 2 is 2.23 bits per heavy atom. The number of hydrogen-bond acceptors (Lipinski definition) is 6. The first-order chi connectivity index (χ1) is 10.6. The van der Waals surface area contributed by atoms with Crippen LogP contribution in [0.5, 0.6) is 0 Å². The van der Waals surface area contributed by atoms with Crippen molar-refractivity contribution in [3.05, 3.63) is 41.5 Å². The van der Waals surface area contributed by atoms with Gasteiger partial charge in [0.25, 0.3) is 0 Å². The minimum atomic E-state index is -0.398. The summed E-state index contributed by atoms with van der Waals surface area (Å²) in [6.07, 6.45) is 0.441. The van der Waals surface area contributed by atoms with Crippen molar-refractivity contribution in [2.45, 2.75) is 45.6 Å². The first-order valence-corrected chi connectivity index (χ1v) is 7.58. The lowest BCUT2D eigenvalue weighted by atomic mass is 9.99. The van der Waals surface area contributed by atoms with Crippen molar-refractivity contribution < 1.29 is 14.4 Å². The van der Waals surface area contributed by atoms with Gasteiger partial charge in [-0.1, -0.05) is 23.4 Å². The second-order valence-corrected chi connectivity index (χ2v) is 5.75. The molecule has 0 spiro atoms. The zero-order valence-electron chi connectivity index (χ0n) is 12.9. The summed E-state index contributed by atoms with van der Waals surface area (Å²) in [6, 6.07) is 7.89. The Morgan fingerprint density at radius 1 is 1.41 bits per heavy atom. The Morgan fingerprint density at radius 3 is 3.05 bits per heavy atom. The molecule has 6 nitrogen and oxygen atoms in total. The van der Waals surface area contributed by atoms with Crippen LogP contribution in [0.2, 0.25) is 0 Å². The lowest BCUT2D eigenvalue weighted by Gasteiger charge is -2.32. The van der Waals surface area contributed by atoms with Crippen LogP contribution in [0, 0.1) is 0 Å². The highest BCUT2D eigenvalue weighted by molar-refractivity contribution is 5.56. The van der Waals surface area contributed by atoms with Crippen LogP contribution in [0.3, 0.4) is 0 Å². The van der Waals surface area contributed by atoms with Crippen LogP contribution < -0.4 is 4.90 Å². The normalized spacial score (nSPS) is 17.8. The highest BCUT2D eigenvalue weighted by Gasteiger charge is 2.24. The van der Waals surface area contributed by atoms with Crippen LogP contribution in [0.15, 0.2) is 28.8 Å². The van der Waals surface area contributed by atoms with Gasteiger partial charge in [-0.15, -0.1) is 0 Å². The van der Waals surface area contributed by atoms with Crippen molar-refractivity contribution in [2.24, 2.45) is 0 Å². The van der Waals surface area contributed by atoms with Crippen molar-refractivity contribution in [3.63, 3.8) is 0 Å². The number of anilines is 1. The lowest BCUT2D eigenvalue weighted by Crippen LogP contribution is -2.30. The van der Waals surface area contributed by atoms with E-state index in [0.29, 0.717) is 31.3 Å². The zero-order chi connectivity index (χ0) is 15.5. The molecule has 2 heterocycles. The molecule has 0 fully saturated rings. The zero-order valence-corrected chi connectivity index (χ0v) is 12.9. The smallest absolute Gasteiger partial charge is 0.246 e. The van der Waals surface area contributed by atoms with Gasteiger partial charge in [-0.05, 0) is 26.3 Å². The standard InChI is InChI=1S/C16H21N3O3/c1-11(2)21-10-15-17-16(22-18-15)9-19-8-7-14(20)12-5-3-4-6-13(12)19/h3-6,11,14,20H,7-10H2,1-2H3. The molecule has 0 radical (unpaired) electrons. The van der Waals surface area contributed by atoms with E-state index in [4.69, 9.17) is 9.26 Å². The van der Waals surface area contributed by atoms with Gasteiger partial charge in [0.15, 0.2) is 5.82 Å². The topological polar surface area (TPSA) is 71.6 Å². The molecule has 0 amide bonds. The third-order valence-corrected chi connectivity index (χ3v) is 3.69. The molecule has 22 heavy (non-hydrogen) atoms. The van der Waals surface area contributed by atoms with Crippen molar-refractivity contribution in [3.8, 4) is 0 Å². The maximum absolute atomic E-state index is 10.1. The van der Waals surface area contributed by atoms with Crippen molar-refractivity contribution in [1.29, 1.82) is 0 Å². The minimum absolute atomic E-state index is 0.136.